The highest BCUT2D eigenvalue weighted by Gasteiger charge is 2.34. The van der Waals surface area contributed by atoms with E-state index in [1.807, 2.05) is 12.1 Å². The average molecular weight is 470 g/mol. The predicted octanol–water partition coefficient (Wildman–Crippen LogP) is 4.20. The maximum atomic E-state index is 13.3. The van der Waals surface area contributed by atoms with E-state index in [0.717, 1.165) is 18.4 Å². The van der Waals surface area contributed by atoms with Crippen LogP contribution in [0.1, 0.15) is 50.0 Å². The molecule has 174 valence electrons. The van der Waals surface area contributed by atoms with Gasteiger partial charge in [-0.15, -0.1) is 0 Å². The molecule has 0 aliphatic carbocycles. The first-order chi connectivity index (χ1) is 15.9. The minimum absolute atomic E-state index is 0.151. The van der Waals surface area contributed by atoms with Gasteiger partial charge in [-0.1, -0.05) is 43.3 Å². The highest BCUT2D eigenvalue weighted by atomic mass is 32.2. The van der Waals surface area contributed by atoms with Gasteiger partial charge in [0.2, 0.25) is 21.7 Å². The van der Waals surface area contributed by atoms with E-state index in [9.17, 15) is 8.42 Å². The molecule has 0 saturated carbocycles. The summed E-state index contributed by atoms with van der Waals surface area (Å²) in [7, 11) is -3.69. The van der Waals surface area contributed by atoms with Gasteiger partial charge in [-0.2, -0.15) is 9.29 Å². The van der Waals surface area contributed by atoms with Crippen molar-refractivity contribution in [2.45, 2.75) is 43.4 Å². The summed E-state index contributed by atoms with van der Waals surface area (Å²) in [6, 6.07) is 12.9. The molecule has 3 heterocycles. The molecule has 0 spiro atoms. The number of nitrogens with zero attached hydrogens (tertiary/aromatic N) is 3. The molecule has 0 radical (unpaired) electrons. The van der Waals surface area contributed by atoms with Crippen molar-refractivity contribution in [3.05, 3.63) is 53.9 Å². The summed E-state index contributed by atoms with van der Waals surface area (Å²) in [6.07, 6.45) is 1.51. The number of hydrogen-bond donors (Lipinski definition) is 0. The van der Waals surface area contributed by atoms with Crippen molar-refractivity contribution in [1.29, 1.82) is 0 Å². The van der Waals surface area contributed by atoms with Crippen LogP contribution in [0, 0.1) is 0 Å². The molecule has 1 fully saturated rings. The Kier molecular flexibility index (Phi) is 5.84. The maximum absolute atomic E-state index is 13.3. The molecule has 8 nitrogen and oxygen atoms in total. The topological polar surface area (TPSA) is 94.8 Å². The maximum Gasteiger partial charge on any atom is 0.243 e. The van der Waals surface area contributed by atoms with Crippen LogP contribution in [-0.4, -0.2) is 49.2 Å². The zero-order chi connectivity index (χ0) is 23.0. The van der Waals surface area contributed by atoms with Crippen LogP contribution in [0.25, 0.3) is 11.4 Å². The van der Waals surface area contributed by atoms with E-state index < -0.39 is 10.0 Å². The molecule has 3 aromatic rings. The molecule has 9 heteroatoms. The first-order valence-corrected chi connectivity index (χ1v) is 12.7. The Morgan fingerprint density at radius 3 is 2.55 bits per heavy atom. The van der Waals surface area contributed by atoms with E-state index in [2.05, 4.69) is 36.1 Å². The van der Waals surface area contributed by atoms with Crippen LogP contribution in [0.3, 0.4) is 0 Å². The van der Waals surface area contributed by atoms with Crippen LogP contribution < -0.4 is 9.47 Å². The number of aromatic nitrogens is 2. The Labute approximate surface area is 193 Å². The average Bonchev–Trinajstić information content (AvgIpc) is 3.34. The number of benzene rings is 2. The molecule has 5 rings (SSSR count). The van der Waals surface area contributed by atoms with Crippen LogP contribution in [0.15, 0.2) is 51.9 Å². The van der Waals surface area contributed by atoms with E-state index in [1.165, 1.54) is 9.87 Å². The number of ether oxygens (including phenoxy) is 2. The summed E-state index contributed by atoms with van der Waals surface area (Å²) in [5, 5.41) is 4.15. The van der Waals surface area contributed by atoms with Crippen LogP contribution in [0.2, 0.25) is 0 Å². The Morgan fingerprint density at radius 1 is 1.03 bits per heavy atom. The third kappa shape index (κ3) is 4.35. The molecular formula is C24H27N3O5S. The lowest BCUT2D eigenvalue weighted by Gasteiger charge is -2.30. The zero-order valence-corrected chi connectivity index (χ0v) is 19.5. The van der Waals surface area contributed by atoms with Crippen LogP contribution in [0.4, 0.5) is 0 Å². The van der Waals surface area contributed by atoms with E-state index in [4.69, 9.17) is 14.0 Å². The van der Waals surface area contributed by atoms with Gasteiger partial charge in [0.05, 0.1) is 10.8 Å². The van der Waals surface area contributed by atoms with E-state index in [-0.39, 0.29) is 10.8 Å². The van der Waals surface area contributed by atoms with Crippen molar-refractivity contribution in [3.63, 3.8) is 0 Å². The molecule has 0 amide bonds. The number of hydrogen-bond acceptors (Lipinski definition) is 7. The molecule has 1 aromatic heterocycles. The van der Waals surface area contributed by atoms with Crippen molar-refractivity contribution in [2.24, 2.45) is 0 Å². The Hall–Kier alpha value is -2.91. The third-order valence-corrected chi connectivity index (χ3v) is 8.02. The summed E-state index contributed by atoms with van der Waals surface area (Å²) < 4.78 is 44.8. The minimum atomic E-state index is -3.69. The largest absolute Gasteiger partial charge is 0.486 e. The molecule has 1 atom stereocenters. The molecule has 0 unspecified atom stereocenters. The third-order valence-electron chi connectivity index (χ3n) is 6.16. The molecule has 0 bridgehead atoms. The normalized spacial score (nSPS) is 19.1. The molecule has 2 aromatic carbocycles. The summed E-state index contributed by atoms with van der Waals surface area (Å²) in [5.74, 6) is 2.32. The SMILES string of the molecule is CC(C)c1ccc(-c2noc([C@@H]3CCCN(S(=O)(=O)c4ccc5c(c4)OCCO5)C3)n2)cc1. The highest BCUT2D eigenvalue weighted by molar-refractivity contribution is 7.89. The first kappa shape index (κ1) is 21.9. The van der Waals surface area contributed by atoms with Crippen molar-refractivity contribution in [2.75, 3.05) is 26.3 Å². The second-order valence-electron chi connectivity index (χ2n) is 8.74. The monoisotopic (exact) mass is 469 g/mol. The van der Waals surface area contributed by atoms with Gasteiger partial charge in [-0.3, -0.25) is 0 Å². The lowest BCUT2D eigenvalue weighted by atomic mass is 9.99. The fourth-order valence-corrected chi connectivity index (χ4v) is 5.77. The summed E-state index contributed by atoms with van der Waals surface area (Å²) in [6.45, 7) is 5.91. The molecule has 33 heavy (non-hydrogen) atoms. The molecule has 1 saturated heterocycles. The Balaban J connectivity index is 1.34. The fourth-order valence-electron chi connectivity index (χ4n) is 4.23. The van der Waals surface area contributed by atoms with Crippen molar-refractivity contribution in [3.8, 4) is 22.9 Å². The van der Waals surface area contributed by atoms with Gasteiger partial charge >= 0.3 is 0 Å². The van der Waals surface area contributed by atoms with Crippen molar-refractivity contribution < 1.29 is 22.4 Å². The van der Waals surface area contributed by atoms with Gasteiger partial charge in [0.15, 0.2) is 11.5 Å². The van der Waals surface area contributed by atoms with Crippen molar-refractivity contribution in [1.82, 2.24) is 14.4 Å². The highest BCUT2D eigenvalue weighted by Crippen LogP contribution is 2.35. The summed E-state index contributed by atoms with van der Waals surface area (Å²) in [4.78, 5) is 4.79. The van der Waals surface area contributed by atoms with E-state index in [0.29, 0.717) is 55.4 Å². The second kappa shape index (κ2) is 8.79. The van der Waals surface area contributed by atoms with Gasteiger partial charge in [0, 0.05) is 24.7 Å². The van der Waals surface area contributed by atoms with E-state index >= 15 is 0 Å². The zero-order valence-electron chi connectivity index (χ0n) is 18.7. The standard InChI is InChI=1S/C24H27N3O5S/c1-16(2)17-5-7-18(8-6-17)23-25-24(32-26-23)19-4-3-11-27(15-19)33(28,29)20-9-10-21-22(14-20)31-13-12-30-21/h5-10,14,16,19H,3-4,11-13,15H2,1-2H3/t19-/m1/s1. The number of rotatable bonds is 5. The Bertz CT molecular complexity index is 1240. The lowest BCUT2D eigenvalue weighted by Crippen LogP contribution is -2.39. The van der Waals surface area contributed by atoms with Gasteiger partial charge in [0.25, 0.3) is 0 Å². The van der Waals surface area contributed by atoms with Gasteiger partial charge in [-0.05, 0) is 36.5 Å². The van der Waals surface area contributed by atoms with E-state index in [1.54, 1.807) is 18.2 Å². The number of piperidine rings is 1. The smallest absolute Gasteiger partial charge is 0.243 e. The lowest BCUT2D eigenvalue weighted by molar-refractivity contribution is 0.171. The molecule has 2 aliphatic heterocycles. The fraction of sp³-hybridized carbons (Fsp3) is 0.417. The minimum Gasteiger partial charge on any atom is -0.486 e. The number of sulfonamides is 1. The molecule has 0 N–H and O–H groups in total. The first-order valence-electron chi connectivity index (χ1n) is 11.3. The van der Waals surface area contributed by atoms with Crippen LogP contribution in [0.5, 0.6) is 11.5 Å². The summed E-state index contributed by atoms with van der Waals surface area (Å²) >= 11 is 0. The van der Waals surface area contributed by atoms with Gasteiger partial charge in [-0.25, -0.2) is 8.42 Å². The Morgan fingerprint density at radius 2 is 1.79 bits per heavy atom. The van der Waals surface area contributed by atoms with Crippen molar-refractivity contribution >= 4 is 10.0 Å². The second-order valence-corrected chi connectivity index (χ2v) is 10.7. The quantitative estimate of drug-likeness (QED) is 0.553. The van der Waals surface area contributed by atoms with Crippen LogP contribution >= 0.6 is 0 Å². The van der Waals surface area contributed by atoms with Crippen LogP contribution in [-0.2, 0) is 10.0 Å². The molecular weight excluding hydrogens is 442 g/mol. The molecule has 2 aliphatic rings. The van der Waals surface area contributed by atoms with Gasteiger partial charge < -0.3 is 14.0 Å². The number of fused-ring (bicyclic) bond motifs is 1. The van der Waals surface area contributed by atoms with Gasteiger partial charge in [0.1, 0.15) is 13.2 Å². The summed E-state index contributed by atoms with van der Waals surface area (Å²) in [5.41, 5.74) is 2.13. The predicted molar refractivity (Wildman–Crippen MR) is 122 cm³/mol.